The molecule has 1 aliphatic rings. The zero-order valence-corrected chi connectivity index (χ0v) is 18.3. The molecule has 4 heteroatoms. The maximum atomic E-state index is 13.9. The van der Waals surface area contributed by atoms with Crippen molar-refractivity contribution in [3.05, 3.63) is 107 Å². The van der Waals surface area contributed by atoms with E-state index in [1.54, 1.807) is 13.0 Å². The van der Waals surface area contributed by atoms with Crippen LogP contribution in [0.4, 0.5) is 4.39 Å². The second-order valence-electron chi connectivity index (χ2n) is 8.94. The fraction of sp³-hybridized carbons (Fsp3) is 0.214. The Kier molecular flexibility index (Phi) is 4.63. The van der Waals surface area contributed by atoms with Crippen LogP contribution < -0.4 is 0 Å². The summed E-state index contributed by atoms with van der Waals surface area (Å²) in [4.78, 5) is 30.7. The van der Waals surface area contributed by atoms with E-state index in [1.807, 2.05) is 68.4 Å². The number of aromatic nitrogens is 1. The lowest BCUT2D eigenvalue weighted by Crippen LogP contribution is -2.62. The number of hydrogen-bond acceptors (Lipinski definition) is 2. The summed E-state index contributed by atoms with van der Waals surface area (Å²) in [6, 6.07) is 21.8. The van der Waals surface area contributed by atoms with E-state index in [-0.39, 0.29) is 17.4 Å². The maximum absolute atomic E-state index is 13.9. The monoisotopic (exact) mass is 425 g/mol. The summed E-state index contributed by atoms with van der Waals surface area (Å²) >= 11 is 0. The molecule has 1 heterocycles. The Hall–Kier alpha value is -3.53. The number of ketones is 2. The van der Waals surface area contributed by atoms with Crippen LogP contribution in [0.5, 0.6) is 0 Å². The van der Waals surface area contributed by atoms with Crippen LogP contribution in [0.3, 0.4) is 0 Å². The maximum Gasteiger partial charge on any atom is 0.162 e. The van der Waals surface area contributed by atoms with Crippen molar-refractivity contribution in [3.63, 3.8) is 0 Å². The Morgan fingerprint density at radius 1 is 0.906 bits per heavy atom. The summed E-state index contributed by atoms with van der Waals surface area (Å²) in [6.45, 7) is 5.62. The quantitative estimate of drug-likeness (QED) is 0.421. The molecule has 1 aliphatic carbocycles. The molecule has 4 aromatic rings. The predicted octanol–water partition coefficient (Wildman–Crippen LogP) is 5.78. The van der Waals surface area contributed by atoms with Gasteiger partial charge in [0.1, 0.15) is 11.2 Å². The Balaban J connectivity index is 1.64. The van der Waals surface area contributed by atoms with Crippen LogP contribution in [0.1, 0.15) is 40.8 Å². The molecule has 1 aromatic heterocycles. The van der Waals surface area contributed by atoms with Gasteiger partial charge in [0.2, 0.25) is 0 Å². The van der Waals surface area contributed by atoms with Gasteiger partial charge >= 0.3 is 0 Å². The third kappa shape index (κ3) is 2.86. The molecule has 3 nitrogen and oxygen atoms in total. The molecule has 1 N–H and O–H groups in total. The normalized spacial score (nSPS) is 21.6. The SMILES string of the molecule is Cc1ccc(C2(C)C(=O)C(C(c3ccccc3)c3[nH]c4ccc(F)cc4c3C)C2=O)cc1. The first-order chi connectivity index (χ1) is 15.3. The second-order valence-corrected chi connectivity index (χ2v) is 8.94. The first kappa shape index (κ1) is 20.4. The zero-order chi connectivity index (χ0) is 22.6. The fourth-order valence-corrected chi connectivity index (χ4v) is 5.08. The van der Waals surface area contributed by atoms with Gasteiger partial charge in [-0.05, 0) is 55.7 Å². The van der Waals surface area contributed by atoms with E-state index in [0.717, 1.165) is 38.9 Å². The van der Waals surface area contributed by atoms with E-state index >= 15 is 0 Å². The Bertz CT molecular complexity index is 1340. The summed E-state index contributed by atoms with van der Waals surface area (Å²) in [5.74, 6) is -1.72. The van der Waals surface area contributed by atoms with Gasteiger partial charge in [-0.25, -0.2) is 4.39 Å². The number of fused-ring (bicyclic) bond motifs is 1. The van der Waals surface area contributed by atoms with E-state index < -0.39 is 17.3 Å². The first-order valence-electron chi connectivity index (χ1n) is 10.8. The van der Waals surface area contributed by atoms with Gasteiger partial charge in [0.15, 0.2) is 11.6 Å². The Labute approximate surface area is 186 Å². The lowest BCUT2D eigenvalue weighted by molar-refractivity contribution is -0.153. The molecule has 3 aromatic carbocycles. The van der Waals surface area contributed by atoms with Crippen molar-refractivity contribution in [1.29, 1.82) is 0 Å². The number of Topliss-reactive ketones (excluding diaryl/α,β-unsaturated/α-hetero) is 2. The van der Waals surface area contributed by atoms with Crippen molar-refractivity contribution < 1.29 is 14.0 Å². The largest absolute Gasteiger partial charge is 0.358 e. The topological polar surface area (TPSA) is 49.9 Å². The lowest BCUT2D eigenvalue weighted by atomic mass is 9.53. The highest BCUT2D eigenvalue weighted by molar-refractivity contribution is 6.32. The van der Waals surface area contributed by atoms with Gasteiger partial charge in [-0.15, -0.1) is 0 Å². The van der Waals surface area contributed by atoms with Gasteiger partial charge in [-0.1, -0.05) is 60.2 Å². The molecule has 0 spiro atoms. The number of aryl methyl sites for hydroxylation is 2. The van der Waals surface area contributed by atoms with Crippen LogP contribution in [0.25, 0.3) is 10.9 Å². The van der Waals surface area contributed by atoms with Gasteiger partial charge in [-0.2, -0.15) is 0 Å². The van der Waals surface area contributed by atoms with Crippen LogP contribution in [0, 0.1) is 25.6 Å². The van der Waals surface area contributed by atoms with Crippen molar-refractivity contribution in [2.75, 3.05) is 0 Å². The van der Waals surface area contributed by atoms with Gasteiger partial charge in [-0.3, -0.25) is 9.59 Å². The summed E-state index contributed by atoms with van der Waals surface area (Å²) < 4.78 is 13.9. The van der Waals surface area contributed by atoms with Crippen LogP contribution >= 0.6 is 0 Å². The molecule has 1 unspecified atom stereocenters. The third-order valence-electron chi connectivity index (χ3n) is 7.04. The van der Waals surface area contributed by atoms with Gasteiger partial charge < -0.3 is 4.98 Å². The first-order valence-corrected chi connectivity index (χ1v) is 10.8. The molecule has 160 valence electrons. The Morgan fingerprint density at radius 3 is 2.22 bits per heavy atom. The number of rotatable bonds is 4. The van der Waals surface area contributed by atoms with E-state index in [0.29, 0.717) is 0 Å². The predicted molar refractivity (Wildman–Crippen MR) is 123 cm³/mol. The van der Waals surface area contributed by atoms with Crippen LogP contribution in [-0.2, 0) is 15.0 Å². The molecule has 1 saturated carbocycles. The minimum absolute atomic E-state index is 0.0792. The van der Waals surface area contributed by atoms with Gasteiger partial charge in [0, 0.05) is 22.5 Å². The van der Waals surface area contributed by atoms with Crippen molar-refractivity contribution in [3.8, 4) is 0 Å². The number of halogens is 1. The van der Waals surface area contributed by atoms with Crippen molar-refractivity contribution in [2.45, 2.75) is 32.1 Å². The second kappa shape index (κ2) is 7.27. The average molecular weight is 426 g/mol. The molecule has 1 atom stereocenters. The molecular weight excluding hydrogens is 401 g/mol. The molecular formula is C28H24FNO2. The average Bonchev–Trinajstić information content (AvgIpc) is 3.13. The Morgan fingerprint density at radius 2 is 1.56 bits per heavy atom. The number of benzene rings is 3. The molecule has 32 heavy (non-hydrogen) atoms. The van der Waals surface area contributed by atoms with Crippen molar-refractivity contribution >= 4 is 22.5 Å². The highest BCUT2D eigenvalue weighted by Crippen LogP contribution is 2.50. The number of H-pyrrole nitrogens is 1. The van der Waals surface area contributed by atoms with Crippen LogP contribution in [0.15, 0.2) is 72.8 Å². The fourth-order valence-electron chi connectivity index (χ4n) is 5.08. The standard InChI is InChI=1S/C28H24FNO2/c1-16-9-11-19(12-10-16)28(3)26(31)24(27(28)32)23(18-7-5-4-6-8-18)25-17(2)21-15-20(29)13-14-22(21)30-25/h4-15,23-24,30H,1-3H3. The van der Waals surface area contributed by atoms with E-state index in [2.05, 4.69) is 4.98 Å². The van der Waals surface area contributed by atoms with Crippen LogP contribution in [0.2, 0.25) is 0 Å². The number of nitrogens with one attached hydrogen (secondary N) is 1. The summed E-state index contributed by atoms with van der Waals surface area (Å²) in [6.07, 6.45) is 0. The van der Waals surface area contributed by atoms with E-state index in [1.165, 1.54) is 12.1 Å². The van der Waals surface area contributed by atoms with E-state index in [4.69, 9.17) is 0 Å². The van der Waals surface area contributed by atoms with Crippen molar-refractivity contribution in [1.82, 2.24) is 4.98 Å². The van der Waals surface area contributed by atoms with Gasteiger partial charge in [0.25, 0.3) is 0 Å². The summed E-state index contributed by atoms with van der Waals surface area (Å²) in [5, 5.41) is 0.765. The minimum atomic E-state index is -1.14. The minimum Gasteiger partial charge on any atom is -0.358 e. The molecule has 1 fully saturated rings. The lowest BCUT2D eigenvalue weighted by Gasteiger charge is -2.45. The number of carbonyl (C=O) groups is 2. The molecule has 0 radical (unpaired) electrons. The number of carbonyl (C=O) groups excluding carboxylic acids is 2. The van der Waals surface area contributed by atoms with Crippen molar-refractivity contribution in [2.24, 2.45) is 5.92 Å². The van der Waals surface area contributed by atoms with Gasteiger partial charge in [0.05, 0.1) is 5.92 Å². The molecule has 5 rings (SSSR count). The summed E-state index contributed by atoms with van der Waals surface area (Å²) in [7, 11) is 0. The molecule has 0 bridgehead atoms. The number of hydrogen-bond donors (Lipinski definition) is 1. The highest BCUT2D eigenvalue weighted by atomic mass is 19.1. The summed E-state index contributed by atoms with van der Waals surface area (Å²) in [5.41, 5.74) is 4.00. The van der Waals surface area contributed by atoms with Crippen LogP contribution in [-0.4, -0.2) is 16.6 Å². The highest BCUT2D eigenvalue weighted by Gasteiger charge is 2.62. The zero-order valence-electron chi connectivity index (χ0n) is 18.3. The molecule has 0 saturated heterocycles. The number of aromatic amines is 1. The third-order valence-corrected chi connectivity index (χ3v) is 7.04. The van der Waals surface area contributed by atoms with E-state index in [9.17, 15) is 14.0 Å². The molecule has 0 amide bonds. The molecule has 0 aliphatic heterocycles. The smallest absolute Gasteiger partial charge is 0.162 e.